The van der Waals surface area contributed by atoms with Gasteiger partial charge in [0.25, 0.3) is 0 Å². The van der Waals surface area contributed by atoms with E-state index in [2.05, 4.69) is 11.1 Å². The molecule has 18 heavy (non-hydrogen) atoms. The zero-order chi connectivity index (χ0) is 13.0. The molecule has 1 unspecified atom stereocenters. The van der Waals surface area contributed by atoms with Gasteiger partial charge in [0.2, 0.25) is 0 Å². The number of H-pyrrole nitrogens is 1. The second kappa shape index (κ2) is 5.93. The molecule has 0 aliphatic carbocycles. The average molecular weight is 264 g/mol. The summed E-state index contributed by atoms with van der Waals surface area (Å²) >= 11 is 1.53. The molecule has 4 nitrogen and oxygen atoms in total. The van der Waals surface area contributed by atoms with Crippen molar-refractivity contribution < 1.29 is 9.53 Å². The molecular weight excluding hydrogens is 248 g/mol. The van der Waals surface area contributed by atoms with Gasteiger partial charge in [-0.25, -0.2) is 0 Å². The summed E-state index contributed by atoms with van der Waals surface area (Å²) in [5, 5.41) is 2.17. The molecule has 0 aliphatic heterocycles. The van der Waals surface area contributed by atoms with E-state index in [1.807, 2.05) is 24.3 Å². The van der Waals surface area contributed by atoms with Gasteiger partial charge in [-0.3, -0.25) is 4.79 Å². The van der Waals surface area contributed by atoms with Gasteiger partial charge in [-0.1, -0.05) is 18.2 Å². The Morgan fingerprint density at radius 3 is 3.00 bits per heavy atom. The van der Waals surface area contributed by atoms with E-state index in [0.29, 0.717) is 12.4 Å². The lowest BCUT2D eigenvalue weighted by molar-refractivity contribution is -0.144. The fourth-order valence-electron chi connectivity index (χ4n) is 1.62. The smallest absolute Gasteiger partial charge is 0.323 e. The van der Waals surface area contributed by atoms with Crippen LogP contribution in [0.2, 0.25) is 0 Å². The molecule has 1 atom stereocenters. The summed E-state index contributed by atoms with van der Waals surface area (Å²) in [7, 11) is 0. The summed E-state index contributed by atoms with van der Waals surface area (Å²) in [5.41, 5.74) is 6.82. The molecular formula is C13H16N2O2S. The van der Waals surface area contributed by atoms with Crippen molar-refractivity contribution in [3.05, 3.63) is 30.3 Å². The van der Waals surface area contributed by atoms with Gasteiger partial charge >= 0.3 is 5.97 Å². The van der Waals surface area contributed by atoms with E-state index in [1.165, 1.54) is 11.8 Å². The molecule has 0 saturated heterocycles. The first-order valence-corrected chi connectivity index (χ1v) is 6.82. The summed E-state index contributed by atoms with van der Waals surface area (Å²) in [6.07, 6.45) is 0. The van der Waals surface area contributed by atoms with Gasteiger partial charge in [0.05, 0.1) is 11.6 Å². The molecule has 1 heterocycles. The first kappa shape index (κ1) is 13.0. The third-order valence-corrected chi connectivity index (χ3v) is 3.57. The Morgan fingerprint density at radius 1 is 1.50 bits per heavy atom. The standard InChI is InChI=1S/C13H16N2O2S/c1-2-17-13(16)10(14)8-18-12-7-9-5-3-4-6-11(9)15-12/h3-7,10,15H,2,8,14H2,1H3. The third kappa shape index (κ3) is 3.05. The number of carbonyl (C=O) groups excluding carboxylic acids is 1. The maximum atomic E-state index is 11.4. The molecule has 0 bridgehead atoms. The van der Waals surface area contributed by atoms with Crippen LogP contribution in [0.5, 0.6) is 0 Å². The van der Waals surface area contributed by atoms with E-state index in [4.69, 9.17) is 10.5 Å². The zero-order valence-electron chi connectivity index (χ0n) is 10.2. The SMILES string of the molecule is CCOC(=O)C(N)CSc1cc2ccccc2[nH]1. The van der Waals surface area contributed by atoms with Crippen LogP contribution in [0, 0.1) is 0 Å². The molecule has 0 saturated carbocycles. The van der Waals surface area contributed by atoms with Gasteiger partial charge in [-0.05, 0) is 19.1 Å². The number of nitrogens with one attached hydrogen (secondary N) is 1. The molecule has 0 aliphatic rings. The number of thioether (sulfide) groups is 1. The Kier molecular flexibility index (Phi) is 4.28. The minimum atomic E-state index is -0.582. The maximum Gasteiger partial charge on any atom is 0.323 e. The molecule has 2 rings (SSSR count). The van der Waals surface area contributed by atoms with Gasteiger partial charge in [0.15, 0.2) is 0 Å². The van der Waals surface area contributed by atoms with Crippen LogP contribution in [0.1, 0.15) is 6.92 Å². The number of ether oxygens (including phenoxy) is 1. The van der Waals surface area contributed by atoms with E-state index in [1.54, 1.807) is 6.92 Å². The van der Waals surface area contributed by atoms with E-state index >= 15 is 0 Å². The lowest BCUT2D eigenvalue weighted by atomic mass is 10.3. The Morgan fingerprint density at radius 2 is 2.28 bits per heavy atom. The van der Waals surface area contributed by atoms with Crippen molar-refractivity contribution in [3.8, 4) is 0 Å². The molecule has 5 heteroatoms. The summed E-state index contributed by atoms with van der Waals surface area (Å²) in [5.74, 6) is 0.159. The van der Waals surface area contributed by atoms with E-state index in [-0.39, 0.29) is 5.97 Å². The van der Waals surface area contributed by atoms with Crippen LogP contribution < -0.4 is 5.73 Å². The van der Waals surface area contributed by atoms with Gasteiger partial charge < -0.3 is 15.5 Å². The predicted molar refractivity (Wildman–Crippen MR) is 73.6 cm³/mol. The average Bonchev–Trinajstić information content (AvgIpc) is 2.78. The van der Waals surface area contributed by atoms with Gasteiger partial charge in [-0.2, -0.15) is 0 Å². The lowest BCUT2D eigenvalue weighted by Gasteiger charge is -2.08. The molecule has 96 valence electrons. The van der Waals surface area contributed by atoms with Crippen LogP contribution in [0.4, 0.5) is 0 Å². The summed E-state index contributed by atoms with van der Waals surface area (Å²) in [6, 6.07) is 9.51. The normalized spacial score (nSPS) is 12.6. The Bertz CT molecular complexity index is 506. The molecule has 1 aromatic heterocycles. The Labute approximate surface area is 110 Å². The van der Waals surface area contributed by atoms with Crippen LogP contribution >= 0.6 is 11.8 Å². The van der Waals surface area contributed by atoms with Crippen molar-refractivity contribution in [2.24, 2.45) is 5.73 Å². The fraction of sp³-hybridized carbons (Fsp3) is 0.308. The van der Waals surface area contributed by atoms with Crippen molar-refractivity contribution in [3.63, 3.8) is 0 Å². The lowest BCUT2D eigenvalue weighted by Crippen LogP contribution is -2.34. The maximum absolute atomic E-state index is 11.4. The number of hydrogen-bond donors (Lipinski definition) is 2. The summed E-state index contributed by atoms with van der Waals surface area (Å²) < 4.78 is 4.86. The van der Waals surface area contributed by atoms with Crippen LogP contribution in [0.15, 0.2) is 35.4 Å². The summed E-state index contributed by atoms with van der Waals surface area (Å²) in [6.45, 7) is 2.14. The fourth-order valence-corrected chi connectivity index (χ4v) is 2.51. The number of benzene rings is 1. The topological polar surface area (TPSA) is 68.1 Å². The van der Waals surface area contributed by atoms with E-state index in [9.17, 15) is 4.79 Å². The second-order valence-electron chi connectivity index (χ2n) is 3.89. The number of para-hydroxylation sites is 1. The molecule has 0 spiro atoms. The monoisotopic (exact) mass is 264 g/mol. The Balaban J connectivity index is 1.95. The molecule has 3 N–H and O–H groups in total. The highest BCUT2D eigenvalue weighted by Gasteiger charge is 2.15. The Hall–Kier alpha value is -1.46. The zero-order valence-corrected chi connectivity index (χ0v) is 11.0. The van der Waals surface area contributed by atoms with Crippen LogP contribution in [0.25, 0.3) is 10.9 Å². The number of aromatic nitrogens is 1. The first-order valence-electron chi connectivity index (χ1n) is 5.83. The minimum Gasteiger partial charge on any atom is -0.465 e. The highest BCUT2D eigenvalue weighted by Crippen LogP contribution is 2.23. The van der Waals surface area contributed by atoms with Crippen molar-refractivity contribution >= 4 is 28.6 Å². The first-order chi connectivity index (χ1) is 8.70. The highest BCUT2D eigenvalue weighted by molar-refractivity contribution is 7.99. The quantitative estimate of drug-likeness (QED) is 0.641. The number of rotatable bonds is 5. The van der Waals surface area contributed by atoms with Crippen LogP contribution in [-0.4, -0.2) is 29.4 Å². The minimum absolute atomic E-state index is 0.346. The second-order valence-corrected chi connectivity index (χ2v) is 4.95. The van der Waals surface area contributed by atoms with E-state index < -0.39 is 6.04 Å². The number of fused-ring (bicyclic) bond motifs is 1. The van der Waals surface area contributed by atoms with Gasteiger partial charge in [0.1, 0.15) is 6.04 Å². The molecule has 0 amide bonds. The number of esters is 1. The summed E-state index contributed by atoms with van der Waals surface area (Å²) in [4.78, 5) is 14.6. The van der Waals surface area contributed by atoms with Gasteiger partial charge in [-0.15, -0.1) is 11.8 Å². The molecule has 2 aromatic rings. The van der Waals surface area contributed by atoms with Crippen molar-refractivity contribution in [1.82, 2.24) is 4.98 Å². The van der Waals surface area contributed by atoms with E-state index in [0.717, 1.165) is 15.9 Å². The highest BCUT2D eigenvalue weighted by atomic mass is 32.2. The van der Waals surface area contributed by atoms with Crippen LogP contribution in [-0.2, 0) is 9.53 Å². The molecule has 1 aromatic carbocycles. The van der Waals surface area contributed by atoms with Crippen molar-refractivity contribution in [1.29, 1.82) is 0 Å². The number of nitrogens with two attached hydrogens (primary N) is 1. The van der Waals surface area contributed by atoms with Gasteiger partial charge in [0, 0.05) is 16.7 Å². The number of hydrogen-bond acceptors (Lipinski definition) is 4. The number of aromatic amines is 1. The number of carbonyl (C=O) groups is 1. The largest absolute Gasteiger partial charge is 0.465 e. The third-order valence-electron chi connectivity index (χ3n) is 2.51. The van der Waals surface area contributed by atoms with Crippen molar-refractivity contribution in [2.75, 3.05) is 12.4 Å². The molecule has 0 radical (unpaired) electrons. The molecule has 0 fully saturated rings. The van der Waals surface area contributed by atoms with Crippen LogP contribution in [0.3, 0.4) is 0 Å². The van der Waals surface area contributed by atoms with Crippen molar-refractivity contribution in [2.45, 2.75) is 18.0 Å². The predicted octanol–water partition coefficient (Wildman–Crippen LogP) is 2.15.